The first kappa shape index (κ1) is 30.7. The van der Waals surface area contributed by atoms with Crippen LogP contribution in [-0.4, -0.2) is 55.7 Å². The molecule has 1 atom stereocenters. The summed E-state index contributed by atoms with van der Waals surface area (Å²) < 4.78 is 22.6. The van der Waals surface area contributed by atoms with Crippen LogP contribution in [0.1, 0.15) is 54.5 Å². The van der Waals surface area contributed by atoms with E-state index < -0.39 is 17.7 Å². The Hall–Kier alpha value is -4.30. The minimum absolute atomic E-state index is 0.0209. The van der Waals surface area contributed by atoms with Gasteiger partial charge in [-0.05, 0) is 67.3 Å². The monoisotopic (exact) mass is 573 g/mol. The number of ether oxygens (including phenoxy) is 4. The minimum Gasteiger partial charge on any atom is -0.507 e. The summed E-state index contributed by atoms with van der Waals surface area (Å²) in [5.74, 6) is 0.0245. The van der Waals surface area contributed by atoms with Crippen molar-refractivity contribution in [2.45, 2.75) is 45.8 Å². The van der Waals surface area contributed by atoms with Gasteiger partial charge in [0.1, 0.15) is 18.1 Å². The van der Waals surface area contributed by atoms with Crippen molar-refractivity contribution in [1.82, 2.24) is 4.90 Å². The summed E-state index contributed by atoms with van der Waals surface area (Å²) in [7, 11) is 3.13. The maximum atomic E-state index is 13.4. The number of aliphatic hydroxyl groups excluding tert-OH is 1. The van der Waals surface area contributed by atoms with Crippen LogP contribution in [0.3, 0.4) is 0 Å². The van der Waals surface area contributed by atoms with Crippen LogP contribution < -0.4 is 14.2 Å². The smallest absolute Gasteiger partial charge is 0.295 e. The molecule has 1 fully saturated rings. The standard InChI is InChI=1S/C34H39NO7/c1-5-6-19-41-28-16-13-26(21-29(28)40-4)31-30(33(37)34(38)35(31)17-8-18-39-3)32(36)25-11-14-27(15-12-25)42-22-24-10-7-9-23(2)20-24/h7,9-16,20-21,31,36H,5-6,8,17-19,22H2,1-4H3. The molecule has 1 aliphatic heterocycles. The van der Waals surface area contributed by atoms with Gasteiger partial charge < -0.3 is 29.0 Å². The van der Waals surface area contributed by atoms with E-state index in [1.807, 2.05) is 25.1 Å². The SMILES string of the molecule is CCCCOc1ccc(C2C(=C(O)c3ccc(OCc4cccc(C)c4)cc3)C(=O)C(=O)N2CCCOC)cc1OC. The summed E-state index contributed by atoms with van der Waals surface area (Å²) in [4.78, 5) is 28.1. The van der Waals surface area contributed by atoms with E-state index in [2.05, 4.69) is 13.0 Å². The zero-order valence-corrected chi connectivity index (χ0v) is 24.7. The van der Waals surface area contributed by atoms with Gasteiger partial charge in [-0.3, -0.25) is 9.59 Å². The third kappa shape index (κ3) is 7.12. The second-order valence-electron chi connectivity index (χ2n) is 10.3. The lowest BCUT2D eigenvalue weighted by Crippen LogP contribution is -2.31. The van der Waals surface area contributed by atoms with Crippen molar-refractivity contribution in [3.8, 4) is 17.2 Å². The molecule has 1 aliphatic rings. The van der Waals surface area contributed by atoms with Gasteiger partial charge in [-0.25, -0.2) is 0 Å². The molecule has 1 heterocycles. The Bertz CT molecular complexity index is 1410. The summed E-state index contributed by atoms with van der Waals surface area (Å²) in [6, 6.07) is 19.4. The van der Waals surface area contributed by atoms with Crippen LogP contribution in [0.25, 0.3) is 5.76 Å². The average Bonchev–Trinajstić information content (AvgIpc) is 3.25. The number of carbonyl (C=O) groups is 2. The van der Waals surface area contributed by atoms with Gasteiger partial charge in [-0.2, -0.15) is 0 Å². The summed E-state index contributed by atoms with van der Waals surface area (Å²) in [6.07, 6.45) is 2.43. The van der Waals surface area contributed by atoms with E-state index in [-0.39, 0.29) is 17.9 Å². The lowest BCUT2D eigenvalue weighted by Gasteiger charge is -2.26. The average molecular weight is 574 g/mol. The number of likely N-dealkylation sites (tertiary alicyclic amines) is 1. The van der Waals surface area contributed by atoms with Crippen LogP contribution in [0.2, 0.25) is 0 Å². The predicted molar refractivity (Wildman–Crippen MR) is 161 cm³/mol. The van der Waals surface area contributed by atoms with E-state index in [0.717, 1.165) is 24.0 Å². The maximum Gasteiger partial charge on any atom is 0.295 e. The Balaban J connectivity index is 1.66. The number of unbranched alkanes of at least 4 members (excludes halogenated alkanes) is 1. The molecule has 1 saturated heterocycles. The van der Waals surface area contributed by atoms with Crippen LogP contribution in [0, 0.1) is 6.92 Å². The molecule has 8 heteroatoms. The molecule has 0 aliphatic carbocycles. The number of methoxy groups -OCH3 is 2. The van der Waals surface area contributed by atoms with Gasteiger partial charge in [0.2, 0.25) is 0 Å². The molecule has 0 radical (unpaired) electrons. The minimum atomic E-state index is -0.808. The summed E-state index contributed by atoms with van der Waals surface area (Å²) in [5, 5.41) is 11.4. The Morgan fingerprint density at radius 1 is 0.905 bits per heavy atom. The van der Waals surface area contributed by atoms with Gasteiger partial charge in [0.05, 0.1) is 25.3 Å². The lowest BCUT2D eigenvalue weighted by molar-refractivity contribution is -0.140. The van der Waals surface area contributed by atoms with E-state index in [1.54, 1.807) is 56.7 Å². The molecule has 3 aromatic rings. The molecule has 42 heavy (non-hydrogen) atoms. The zero-order chi connectivity index (χ0) is 30.1. The summed E-state index contributed by atoms with van der Waals surface area (Å²) in [6.45, 7) is 5.77. The number of hydrogen-bond acceptors (Lipinski definition) is 7. The fourth-order valence-electron chi connectivity index (χ4n) is 4.97. The molecule has 1 N–H and O–H groups in total. The fourth-order valence-corrected chi connectivity index (χ4v) is 4.97. The van der Waals surface area contributed by atoms with Crippen LogP contribution in [-0.2, 0) is 20.9 Å². The largest absolute Gasteiger partial charge is 0.507 e. The maximum absolute atomic E-state index is 13.4. The van der Waals surface area contributed by atoms with Crippen molar-refractivity contribution in [2.24, 2.45) is 0 Å². The first-order valence-electron chi connectivity index (χ1n) is 14.2. The number of aryl methyl sites for hydroxylation is 1. The number of carbonyl (C=O) groups excluding carboxylic acids is 2. The van der Waals surface area contributed by atoms with Gasteiger partial charge in [0.25, 0.3) is 11.7 Å². The predicted octanol–water partition coefficient (Wildman–Crippen LogP) is 6.22. The highest BCUT2D eigenvalue weighted by atomic mass is 16.5. The Labute approximate surface area is 247 Å². The van der Waals surface area contributed by atoms with Gasteiger partial charge >= 0.3 is 0 Å². The Morgan fingerprint density at radius 2 is 1.69 bits per heavy atom. The highest BCUT2D eigenvalue weighted by Crippen LogP contribution is 2.42. The van der Waals surface area contributed by atoms with Crippen molar-refractivity contribution in [3.63, 3.8) is 0 Å². The first-order chi connectivity index (χ1) is 20.4. The number of hydrogen-bond donors (Lipinski definition) is 1. The molecule has 0 aromatic heterocycles. The van der Waals surface area contributed by atoms with E-state index >= 15 is 0 Å². The number of aliphatic hydroxyl groups is 1. The van der Waals surface area contributed by atoms with Crippen molar-refractivity contribution >= 4 is 17.4 Å². The van der Waals surface area contributed by atoms with Gasteiger partial charge in [-0.1, -0.05) is 49.2 Å². The first-order valence-corrected chi connectivity index (χ1v) is 14.2. The molecule has 3 aromatic carbocycles. The van der Waals surface area contributed by atoms with Crippen molar-refractivity contribution in [3.05, 3.63) is 94.6 Å². The zero-order valence-electron chi connectivity index (χ0n) is 24.7. The van der Waals surface area contributed by atoms with Crippen molar-refractivity contribution < 1.29 is 33.6 Å². The number of ketones is 1. The van der Waals surface area contributed by atoms with Crippen LogP contribution in [0.4, 0.5) is 0 Å². The molecule has 1 unspecified atom stereocenters. The Kier molecular flexibility index (Phi) is 10.6. The quantitative estimate of drug-likeness (QED) is 0.106. The van der Waals surface area contributed by atoms with Gasteiger partial charge in [-0.15, -0.1) is 0 Å². The molecular weight excluding hydrogens is 534 g/mol. The molecule has 222 valence electrons. The topological polar surface area (TPSA) is 94.5 Å². The molecular formula is C34H39NO7. The molecule has 4 rings (SSSR count). The summed E-state index contributed by atoms with van der Waals surface area (Å²) in [5.41, 5.74) is 3.26. The van der Waals surface area contributed by atoms with Gasteiger partial charge in [0, 0.05) is 25.8 Å². The third-order valence-electron chi connectivity index (χ3n) is 7.16. The van der Waals surface area contributed by atoms with Crippen LogP contribution >= 0.6 is 0 Å². The Morgan fingerprint density at radius 3 is 2.38 bits per heavy atom. The van der Waals surface area contributed by atoms with Gasteiger partial charge in [0.15, 0.2) is 11.5 Å². The molecule has 0 bridgehead atoms. The van der Waals surface area contributed by atoms with Crippen molar-refractivity contribution in [2.75, 3.05) is 34.0 Å². The van der Waals surface area contributed by atoms with E-state index in [1.165, 1.54) is 4.90 Å². The number of benzene rings is 3. The molecule has 0 saturated carbocycles. The fraction of sp³-hybridized carbons (Fsp3) is 0.353. The second kappa shape index (κ2) is 14.5. The normalized spacial score (nSPS) is 16.1. The number of rotatable bonds is 14. The highest BCUT2D eigenvalue weighted by Gasteiger charge is 2.46. The number of Topliss-reactive ketones (excluding diaryl/α,β-unsaturated/α-hetero) is 1. The second-order valence-corrected chi connectivity index (χ2v) is 10.3. The molecule has 1 amide bonds. The molecule has 0 spiro atoms. The number of amides is 1. The number of nitrogens with zero attached hydrogens (tertiary/aromatic N) is 1. The highest BCUT2D eigenvalue weighted by molar-refractivity contribution is 6.46. The van der Waals surface area contributed by atoms with E-state index in [0.29, 0.717) is 54.6 Å². The van der Waals surface area contributed by atoms with Crippen LogP contribution in [0.15, 0.2) is 72.3 Å². The summed E-state index contributed by atoms with van der Waals surface area (Å²) >= 11 is 0. The van der Waals surface area contributed by atoms with E-state index in [4.69, 9.17) is 18.9 Å². The van der Waals surface area contributed by atoms with Crippen LogP contribution in [0.5, 0.6) is 17.2 Å². The molecule has 8 nitrogen and oxygen atoms in total. The third-order valence-corrected chi connectivity index (χ3v) is 7.16. The van der Waals surface area contributed by atoms with Crippen molar-refractivity contribution in [1.29, 1.82) is 0 Å². The van der Waals surface area contributed by atoms with E-state index in [9.17, 15) is 14.7 Å². The lowest BCUT2D eigenvalue weighted by atomic mass is 9.95.